The molecule has 0 spiro atoms. The molecule has 0 heterocycles. The van der Waals surface area contributed by atoms with E-state index in [2.05, 4.69) is 5.32 Å². The molecule has 2 N–H and O–H groups in total. The number of hydrogen-bond acceptors (Lipinski definition) is 3. The Bertz CT molecular complexity index is 447. The Morgan fingerprint density at radius 3 is 2.50 bits per heavy atom. The van der Waals surface area contributed by atoms with E-state index in [0.717, 1.165) is 5.56 Å². The number of nitrogens with one attached hydrogen (secondary N) is 1. The minimum atomic E-state index is -0.446. The van der Waals surface area contributed by atoms with Gasteiger partial charge >= 0.3 is 0 Å². The molecular weight excluding hydrogens is 230 g/mol. The van der Waals surface area contributed by atoms with Crippen molar-refractivity contribution in [3.63, 3.8) is 0 Å². The van der Waals surface area contributed by atoms with Crippen molar-refractivity contribution in [3.05, 3.63) is 29.8 Å². The first-order valence-electron chi connectivity index (χ1n) is 5.87. The number of rotatable bonds is 4. The van der Waals surface area contributed by atoms with E-state index < -0.39 is 5.41 Å². The summed E-state index contributed by atoms with van der Waals surface area (Å²) in [6.07, 6.45) is 0.159. The lowest BCUT2D eigenvalue weighted by atomic mass is 9.91. The molecule has 0 atom stereocenters. The van der Waals surface area contributed by atoms with Gasteiger partial charge in [0.2, 0.25) is 5.91 Å². The molecule has 0 aliphatic rings. The highest BCUT2D eigenvalue weighted by atomic mass is 16.3. The predicted molar refractivity (Wildman–Crippen MR) is 69.3 cm³/mol. The molecule has 4 nitrogen and oxygen atoms in total. The number of ketones is 1. The maximum absolute atomic E-state index is 11.6. The molecule has 0 radical (unpaired) electrons. The van der Waals surface area contributed by atoms with Gasteiger partial charge in [0.1, 0.15) is 5.75 Å². The second-order valence-electron chi connectivity index (χ2n) is 5.30. The van der Waals surface area contributed by atoms with Gasteiger partial charge in [0.15, 0.2) is 5.78 Å². The number of phenolic OH excluding ortho intramolecular Hbond substituents is 1. The van der Waals surface area contributed by atoms with E-state index in [0.29, 0.717) is 0 Å². The van der Waals surface area contributed by atoms with Crippen molar-refractivity contribution < 1.29 is 14.7 Å². The summed E-state index contributed by atoms with van der Waals surface area (Å²) < 4.78 is 0. The summed E-state index contributed by atoms with van der Waals surface area (Å²) in [4.78, 5) is 23.2. The molecule has 0 fully saturated rings. The minimum Gasteiger partial charge on any atom is -0.508 e. The number of hydrogen-bond donors (Lipinski definition) is 2. The Labute approximate surface area is 107 Å². The zero-order chi connectivity index (χ0) is 13.8. The third kappa shape index (κ3) is 4.57. The van der Waals surface area contributed by atoms with Crippen LogP contribution in [0.5, 0.6) is 5.75 Å². The number of phenols is 1. The third-order valence-corrected chi connectivity index (χ3v) is 2.56. The van der Waals surface area contributed by atoms with Crippen LogP contribution >= 0.6 is 0 Å². The summed E-state index contributed by atoms with van der Waals surface area (Å²) in [7, 11) is 0. The Balaban J connectivity index is 2.46. The third-order valence-electron chi connectivity index (χ3n) is 2.56. The first kappa shape index (κ1) is 14.2. The van der Waals surface area contributed by atoms with Gasteiger partial charge in [-0.2, -0.15) is 0 Å². The van der Waals surface area contributed by atoms with Gasteiger partial charge in [0.05, 0.1) is 13.0 Å². The van der Waals surface area contributed by atoms with Crippen molar-refractivity contribution >= 4 is 11.7 Å². The van der Waals surface area contributed by atoms with Crippen molar-refractivity contribution in [3.8, 4) is 5.75 Å². The number of carbonyl (C=O) groups excluding carboxylic acids is 2. The van der Waals surface area contributed by atoms with Crippen LogP contribution in [0.2, 0.25) is 0 Å². The van der Waals surface area contributed by atoms with Crippen LogP contribution in [0.25, 0.3) is 0 Å². The SMILES string of the molecule is CC(C)(C)C(=O)CNC(=O)Cc1cccc(O)c1. The Kier molecular flexibility index (Phi) is 4.48. The number of benzene rings is 1. The van der Waals surface area contributed by atoms with E-state index in [1.807, 2.05) is 20.8 Å². The molecule has 0 aliphatic carbocycles. The van der Waals surface area contributed by atoms with E-state index in [1.165, 1.54) is 6.07 Å². The summed E-state index contributed by atoms with van der Waals surface area (Å²) in [6.45, 7) is 5.49. The summed E-state index contributed by atoms with van der Waals surface area (Å²) in [5.74, 6) is -0.101. The van der Waals surface area contributed by atoms with Crippen LogP contribution in [0.4, 0.5) is 0 Å². The predicted octanol–water partition coefficient (Wildman–Crippen LogP) is 1.67. The Morgan fingerprint density at radius 1 is 1.28 bits per heavy atom. The van der Waals surface area contributed by atoms with Crippen LogP contribution in [0.3, 0.4) is 0 Å². The average Bonchev–Trinajstić information content (AvgIpc) is 2.24. The zero-order valence-corrected chi connectivity index (χ0v) is 11.0. The summed E-state index contributed by atoms with van der Waals surface area (Å²) in [5.41, 5.74) is 0.272. The Hall–Kier alpha value is -1.84. The molecule has 0 aliphatic heterocycles. The van der Waals surface area contributed by atoms with Gasteiger partial charge in [-0.1, -0.05) is 32.9 Å². The summed E-state index contributed by atoms with van der Waals surface area (Å²) >= 11 is 0. The van der Waals surface area contributed by atoms with Crippen LogP contribution < -0.4 is 5.32 Å². The molecule has 1 aromatic rings. The van der Waals surface area contributed by atoms with E-state index in [9.17, 15) is 14.7 Å². The molecule has 98 valence electrons. The topological polar surface area (TPSA) is 66.4 Å². The molecule has 1 rings (SSSR count). The van der Waals surface area contributed by atoms with Gasteiger partial charge in [-0.05, 0) is 17.7 Å². The first-order valence-corrected chi connectivity index (χ1v) is 5.87. The van der Waals surface area contributed by atoms with Gasteiger partial charge < -0.3 is 10.4 Å². The van der Waals surface area contributed by atoms with Crippen LogP contribution in [-0.4, -0.2) is 23.3 Å². The van der Waals surface area contributed by atoms with E-state index in [4.69, 9.17) is 0 Å². The molecule has 0 unspecified atom stereocenters. The highest BCUT2D eigenvalue weighted by Gasteiger charge is 2.21. The average molecular weight is 249 g/mol. The molecule has 0 bridgehead atoms. The van der Waals surface area contributed by atoms with Gasteiger partial charge in [0.25, 0.3) is 0 Å². The van der Waals surface area contributed by atoms with Crippen LogP contribution in [0.15, 0.2) is 24.3 Å². The quantitative estimate of drug-likeness (QED) is 0.853. The lowest BCUT2D eigenvalue weighted by Gasteiger charge is -2.16. The lowest BCUT2D eigenvalue weighted by molar-refractivity contribution is -0.128. The second kappa shape index (κ2) is 5.67. The number of aromatic hydroxyl groups is 1. The molecule has 1 aromatic carbocycles. The fourth-order valence-electron chi connectivity index (χ4n) is 1.36. The van der Waals surface area contributed by atoms with Gasteiger partial charge in [0, 0.05) is 5.41 Å². The minimum absolute atomic E-state index is 0.00763. The molecule has 0 aromatic heterocycles. The monoisotopic (exact) mass is 249 g/mol. The standard InChI is InChI=1S/C14H19NO3/c1-14(2,3)12(17)9-15-13(18)8-10-5-4-6-11(16)7-10/h4-7,16H,8-9H2,1-3H3,(H,15,18). The highest BCUT2D eigenvalue weighted by molar-refractivity contribution is 5.89. The molecule has 18 heavy (non-hydrogen) atoms. The fourth-order valence-corrected chi connectivity index (χ4v) is 1.36. The molecule has 1 amide bonds. The van der Waals surface area contributed by atoms with Crippen molar-refractivity contribution in [2.45, 2.75) is 27.2 Å². The van der Waals surface area contributed by atoms with Gasteiger partial charge in [-0.25, -0.2) is 0 Å². The molecular formula is C14H19NO3. The highest BCUT2D eigenvalue weighted by Crippen LogP contribution is 2.14. The van der Waals surface area contributed by atoms with Gasteiger partial charge in [-0.15, -0.1) is 0 Å². The van der Waals surface area contributed by atoms with Crippen molar-refractivity contribution in [1.82, 2.24) is 5.32 Å². The normalized spacial score (nSPS) is 11.1. The van der Waals surface area contributed by atoms with Crippen molar-refractivity contribution in [1.29, 1.82) is 0 Å². The first-order chi connectivity index (χ1) is 8.29. The van der Waals surface area contributed by atoms with Gasteiger partial charge in [-0.3, -0.25) is 9.59 Å². The summed E-state index contributed by atoms with van der Waals surface area (Å²) in [6, 6.07) is 6.51. The van der Waals surface area contributed by atoms with Crippen molar-refractivity contribution in [2.24, 2.45) is 5.41 Å². The second-order valence-corrected chi connectivity index (χ2v) is 5.30. The van der Waals surface area contributed by atoms with Crippen LogP contribution in [0, 0.1) is 5.41 Å². The molecule has 0 saturated carbocycles. The van der Waals surface area contributed by atoms with E-state index >= 15 is 0 Å². The fraction of sp³-hybridized carbons (Fsp3) is 0.429. The summed E-state index contributed by atoms with van der Waals surface area (Å²) in [5, 5.41) is 11.9. The number of amides is 1. The van der Waals surface area contributed by atoms with Crippen LogP contribution in [-0.2, 0) is 16.0 Å². The maximum Gasteiger partial charge on any atom is 0.224 e. The zero-order valence-electron chi connectivity index (χ0n) is 11.0. The largest absolute Gasteiger partial charge is 0.508 e. The van der Waals surface area contributed by atoms with E-state index in [1.54, 1.807) is 18.2 Å². The molecule has 4 heteroatoms. The lowest BCUT2D eigenvalue weighted by Crippen LogP contribution is -2.36. The molecule has 0 saturated heterocycles. The smallest absolute Gasteiger partial charge is 0.224 e. The van der Waals surface area contributed by atoms with Crippen LogP contribution in [0.1, 0.15) is 26.3 Å². The number of Topliss-reactive ketones (excluding diaryl/α,β-unsaturated/α-hetero) is 1. The van der Waals surface area contributed by atoms with E-state index in [-0.39, 0.29) is 30.4 Å². The maximum atomic E-state index is 11.6. The van der Waals surface area contributed by atoms with Crippen molar-refractivity contribution in [2.75, 3.05) is 6.54 Å². The number of carbonyl (C=O) groups is 2. The Morgan fingerprint density at radius 2 is 1.94 bits per heavy atom.